The monoisotopic (exact) mass is 684 g/mol. The molecule has 50 heavy (non-hydrogen) atoms. The lowest BCUT2D eigenvalue weighted by atomic mass is 9.97. The number of benzene rings is 5. The van der Waals surface area contributed by atoms with Gasteiger partial charge >= 0.3 is 12.1 Å². The van der Waals surface area contributed by atoms with Crippen LogP contribution in [0.3, 0.4) is 0 Å². The highest BCUT2D eigenvalue weighted by Crippen LogP contribution is 2.26. The van der Waals surface area contributed by atoms with E-state index in [1.165, 1.54) is 0 Å². The highest BCUT2D eigenvalue weighted by molar-refractivity contribution is 6.01. The van der Waals surface area contributed by atoms with Crippen LogP contribution in [0.1, 0.15) is 31.8 Å². The van der Waals surface area contributed by atoms with Gasteiger partial charge in [0, 0.05) is 37.3 Å². The summed E-state index contributed by atoms with van der Waals surface area (Å²) in [5, 5.41) is 14.9. The maximum absolute atomic E-state index is 13.7. The van der Waals surface area contributed by atoms with Crippen LogP contribution in [0.5, 0.6) is 0 Å². The zero-order valence-electron chi connectivity index (χ0n) is 26.8. The summed E-state index contributed by atoms with van der Waals surface area (Å²) in [6.45, 7) is 1.29. The lowest BCUT2D eigenvalue weighted by Gasteiger charge is -2.24. The number of alkyl halides is 3. The van der Waals surface area contributed by atoms with Crippen LogP contribution in [-0.2, 0) is 22.7 Å². The Balaban J connectivity index is 0.000000727. The third-order valence-electron chi connectivity index (χ3n) is 7.49. The number of carbonyl (C=O) groups is 4. The number of hydrogen-bond acceptors (Lipinski definition) is 5. The molecular weight excluding hydrogens is 649 g/mol. The molecule has 0 bridgehead atoms. The van der Waals surface area contributed by atoms with Crippen LogP contribution in [0.25, 0.3) is 21.9 Å². The van der Waals surface area contributed by atoms with Crippen molar-refractivity contribution >= 4 is 34.5 Å². The molecule has 0 radical (unpaired) electrons. The molecule has 5 rings (SSSR count). The molecule has 5 N–H and O–H groups in total. The Morgan fingerprint density at radius 1 is 0.720 bits per heavy atom. The molecule has 0 fully saturated rings. The number of carboxylic acids is 1. The minimum Gasteiger partial charge on any atom is -0.475 e. The first-order valence-corrected chi connectivity index (χ1v) is 15.5. The molecule has 3 amide bonds. The van der Waals surface area contributed by atoms with Crippen LogP contribution in [0, 0.1) is 0 Å². The van der Waals surface area contributed by atoms with Crippen molar-refractivity contribution in [3.63, 3.8) is 0 Å². The second-order valence-electron chi connectivity index (χ2n) is 11.0. The minimum atomic E-state index is -5.08. The van der Waals surface area contributed by atoms with Crippen molar-refractivity contribution in [2.75, 3.05) is 19.6 Å². The van der Waals surface area contributed by atoms with E-state index < -0.39 is 12.1 Å². The van der Waals surface area contributed by atoms with Gasteiger partial charge in [-0.05, 0) is 57.3 Å². The standard InChI is InChI=1S/C36H34N4O3.C2HF3O2/c37-20-21-38-36(43)33-19-7-6-18-32(33)29-15-8-10-26(22-29)24-40(25-30-16-9-14-27-11-4-5-17-31(27)30)34(41)23-39-35(42)28-12-2-1-3-13-28;3-2(4,5)1(6)7/h1-19,22H,20-21,23-25,37H2,(H,38,43)(H,39,42);(H,6,7). The normalized spacial score (nSPS) is 10.8. The van der Waals surface area contributed by atoms with Gasteiger partial charge in [-0.2, -0.15) is 13.2 Å². The van der Waals surface area contributed by atoms with Gasteiger partial charge in [-0.25, -0.2) is 4.79 Å². The molecular formula is C38H35F3N4O5. The maximum Gasteiger partial charge on any atom is 0.490 e. The summed E-state index contributed by atoms with van der Waals surface area (Å²) < 4.78 is 31.7. The second-order valence-corrected chi connectivity index (χ2v) is 11.0. The van der Waals surface area contributed by atoms with Crippen molar-refractivity contribution in [3.05, 3.63) is 144 Å². The van der Waals surface area contributed by atoms with Gasteiger partial charge in [-0.3, -0.25) is 14.4 Å². The zero-order chi connectivity index (χ0) is 36.1. The fourth-order valence-electron chi connectivity index (χ4n) is 5.10. The van der Waals surface area contributed by atoms with Crippen molar-refractivity contribution in [1.29, 1.82) is 0 Å². The summed E-state index contributed by atoms with van der Waals surface area (Å²) in [5.74, 6) is -3.45. The van der Waals surface area contributed by atoms with Crippen molar-refractivity contribution in [2.45, 2.75) is 19.3 Å². The van der Waals surface area contributed by atoms with Gasteiger partial charge in [-0.1, -0.05) is 97.1 Å². The van der Waals surface area contributed by atoms with Gasteiger partial charge in [0.15, 0.2) is 0 Å². The minimum absolute atomic E-state index is 0.137. The SMILES string of the molecule is NCCNC(=O)c1ccccc1-c1cccc(CN(Cc2cccc3ccccc23)C(=O)CNC(=O)c2ccccc2)c1.O=C(O)C(F)(F)F. The molecule has 0 unspecified atom stereocenters. The van der Waals surface area contributed by atoms with Crippen molar-refractivity contribution in [1.82, 2.24) is 15.5 Å². The molecule has 9 nitrogen and oxygen atoms in total. The Bertz CT molecular complexity index is 1950. The predicted octanol–water partition coefficient (Wildman–Crippen LogP) is 5.79. The van der Waals surface area contributed by atoms with Gasteiger partial charge in [0.2, 0.25) is 5.91 Å². The number of amides is 3. The van der Waals surface area contributed by atoms with E-state index in [-0.39, 0.29) is 24.3 Å². The van der Waals surface area contributed by atoms with E-state index in [2.05, 4.69) is 28.8 Å². The quantitative estimate of drug-likeness (QED) is 0.139. The fraction of sp³-hybridized carbons (Fsp3) is 0.158. The first kappa shape index (κ1) is 36.8. The number of carboxylic acid groups (broad SMARTS) is 1. The molecule has 0 aliphatic rings. The summed E-state index contributed by atoms with van der Waals surface area (Å²) in [6, 6.07) is 38.3. The number of nitrogens with zero attached hydrogens (tertiary/aromatic N) is 1. The zero-order valence-corrected chi connectivity index (χ0v) is 26.8. The van der Waals surface area contributed by atoms with Crippen LogP contribution in [0.15, 0.2) is 121 Å². The predicted molar refractivity (Wildman–Crippen MR) is 184 cm³/mol. The van der Waals surface area contributed by atoms with Crippen LogP contribution < -0.4 is 16.4 Å². The van der Waals surface area contributed by atoms with Crippen molar-refractivity contribution in [2.24, 2.45) is 5.73 Å². The van der Waals surface area contributed by atoms with Crippen molar-refractivity contribution < 1.29 is 37.5 Å². The molecule has 0 aliphatic heterocycles. The summed E-state index contributed by atoms with van der Waals surface area (Å²) >= 11 is 0. The van der Waals surface area contributed by atoms with Gasteiger partial charge < -0.3 is 26.4 Å². The van der Waals surface area contributed by atoms with Gasteiger partial charge in [0.05, 0.1) is 6.54 Å². The molecule has 0 saturated heterocycles. The first-order valence-electron chi connectivity index (χ1n) is 15.5. The molecule has 12 heteroatoms. The van der Waals surface area contributed by atoms with Crippen LogP contribution in [0.2, 0.25) is 0 Å². The molecule has 258 valence electrons. The Kier molecular flexibility index (Phi) is 12.8. The number of rotatable bonds is 11. The summed E-state index contributed by atoms with van der Waals surface area (Å²) in [4.78, 5) is 49.9. The number of carbonyl (C=O) groups excluding carboxylic acids is 3. The van der Waals surface area contributed by atoms with E-state index in [9.17, 15) is 27.6 Å². The van der Waals surface area contributed by atoms with Crippen LogP contribution in [-0.4, -0.2) is 59.5 Å². The van der Waals surface area contributed by atoms with E-state index in [1.54, 1.807) is 35.2 Å². The first-order chi connectivity index (χ1) is 24.0. The second kappa shape index (κ2) is 17.4. The molecule has 0 heterocycles. The summed E-state index contributed by atoms with van der Waals surface area (Å²) in [5.41, 5.74) is 10.2. The van der Waals surface area contributed by atoms with Gasteiger partial charge in [-0.15, -0.1) is 0 Å². The molecule has 0 atom stereocenters. The van der Waals surface area contributed by atoms with Gasteiger partial charge in [0.1, 0.15) is 0 Å². The largest absolute Gasteiger partial charge is 0.490 e. The lowest BCUT2D eigenvalue weighted by Crippen LogP contribution is -2.39. The number of fused-ring (bicyclic) bond motifs is 1. The average molecular weight is 685 g/mol. The maximum atomic E-state index is 13.7. The summed E-state index contributed by atoms with van der Waals surface area (Å²) in [6.07, 6.45) is -5.08. The number of halogens is 3. The lowest BCUT2D eigenvalue weighted by molar-refractivity contribution is -0.192. The number of nitrogens with two attached hydrogens (primary N) is 1. The highest BCUT2D eigenvalue weighted by atomic mass is 19.4. The molecule has 5 aromatic rings. The third-order valence-corrected chi connectivity index (χ3v) is 7.49. The van der Waals surface area contributed by atoms with E-state index in [0.717, 1.165) is 33.0 Å². The number of nitrogens with one attached hydrogen (secondary N) is 2. The Hall–Kier alpha value is -6.01. The van der Waals surface area contributed by atoms with E-state index in [1.807, 2.05) is 72.8 Å². The molecule has 5 aromatic carbocycles. The summed E-state index contributed by atoms with van der Waals surface area (Å²) in [7, 11) is 0. The van der Waals surface area contributed by atoms with Gasteiger partial charge in [0.25, 0.3) is 11.8 Å². The Labute approximate surface area is 286 Å². The van der Waals surface area contributed by atoms with E-state index in [0.29, 0.717) is 37.3 Å². The van der Waals surface area contributed by atoms with E-state index >= 15 is 0 Å². The Morgan fingerprint density at radius 2 is 1.36 bits per heavy atom. The molecule has 0 spiro atoms. The Morgan fingerprint density at radius 3 is 2.08 bits per heavy atom. The van der Waals surface area contributed by atoms with Crippen LogP contribution >= 0.6 is 0 Å². The van der Waals surface area contributed by atoms with Crippen LogP contribution in [0.4, 0.5) is 13.2 Å². The van der Waals surface area contributed by atoms with Crippen molar-refractivity contribution in [3.8, 4) is 11.1 Å². The fourth-order valence-corrected chi connectivity index (χ4v) is 5.10. The van der Waals surface area contributed by atoms with E-state index in [4.69, 9.17) is 15.6 Å². The number of aliphatic carboxylic acids is 1. The topological polar surface area (TPSA) is 142 Å². The molecule has 0 saturated carbocycles. The average Bonchev–Trinajstić information content (AvgIpc) is 3.13. The number of hydrogen-bond donors (Lipinski definition) is 4. The smallest absolute Gasteiger partial charge is 0.475 e. The third kappa shape index (κ3) is 10.2. The molecule has 0 aromatic heterocycles. The molecule has 0 aliphatic carbocycles. The highest BCUT2D eigenvalue weighted by Gasteiger charge is 2.38.